The van der Waals surface area contributed by atoms with E-state index in [4.69, 9.17) is 10.5 Å². The number of methoxy groups -OCH3 is 1. The van der Waals surface area contributed by atoms with Gasteiger partial charge in [0.05, 0.1) is 18.7 Å². The van der Waals surface area contributed by atoms with Gasteiger partial charge in [-0.3, -0.25) is 4.79 Å². The molecule has 1 rings (SSSR count). The number of halogens is 4. The van der Waals surface area contributed by atoms with Crippen molar-refractivity contribution in [3.8, 4) is 5.75 Å². The van der Waals surface area contributed by atoms with Crippen molar-refractivity contribution in [2.24, 2.45) is 5.73 Å². The maximum Gasteiger partial charge on any atom is 0.416 e. The number of carbonyl (C=O) groups is 1. The molecule has 0 saturated heterocycles. The van der Waals surface area contributed by atoms with Crippen LogP contribution in [0.3, 0.4) is 0 Å². The largest absolute Gasteiger partial charge is 0.497 e. The van der Waals surface area contributed by atoms with Gasteiger partial charge in [0.1, 0.15) is 5.75 Å². The molecule has 4 nitrogen and oxygen atoms in total. The molecule has 0 saturated carbocycles. The summed E-state index contributed by atoms with van der Waals surface area (Å²) in [6.45, 7) is 1.22. The predicted molar refractivity (Wildman–Crippen MR) is 70.7 cm³/mol. The fourth-order valence-electron chi connectivity index (χ4n) is 1.44. The van der Waals surface area contributed by atoms with Crippen LogP contribution in [0.15, 0.2) is 18.2 Å². The Hall–Kier alpha value is -1.47. The third kappa shape index (κ3) is 4.90. The van der Waals surface area contributed by atoms with Crippen LogP contribution >= 0.6 is 12.4 Å². The first kappa shape index (κ1) is 18.5. The molecule has 1 amide bonds. The van der Waals surface area contributed by atoms with E-state index < -0.39 is 23.7 Å². The van der Waals surface area contributed by atoms with Crippen molar-refractivity contribution in [3.63, 3.8) is 0 Å². The van der Waals surface area contributed by atoms with Gasteiger partial charge in [-0.05, 0) is 24.6 Å². The summed E-state index contributed by atoms with van der Waals surface area (Å²) in [5.74, 6) is -0.404. The zero-order chi connectivity index (χ0) is 14.6. The van der Waals surface area contributed by atoms with Crippen molar-refractivity contribution in [2.75, 3.05) is 7.11 Å². The van der Waals surface area contributed by atoms with Gasteiger partial charge in [0.15, 0.2) is 0 Å². The summed E-state index contributed by atoms with van der Waals surface area (Å²) in [5.41, 5.74) is 4.44. The Morgan fingerprint density at radius 3 is 2.50 bits per heavy atom. The maximum atomic E-state index is 12.9. The van der Waals surface area contributed by atoms with Gasteiger partial charge < -0.3 is 15.8 Å². The van der Waals surface area contributed by atoms with E-state index in [9.17, 15) is 18.0 Å². The van der Waals surface area contributed by atoms with E-state index in [0.717, 1.165) is 6.07 Å². The van der Waals surface area contributed by atoms with Crippen LogP contribution in [0.1, 0.15) is 18.1 Å². The zero-order valence-corrected chi connectivity index (χ0v) is 11.8. The van der Waals surface area contributed by atoms with E-state index in [1.165, 1.54) is 26.2 Å². The lowest BCUT2D eigenvalue weighted by molar-refractivity contribution is -0.138. The molecule has 0 fully saturated rings. The Kier molecular flexibility index (Phi) is 6.81. The number of nitrogens with two attached hydrogens (primary N) is 1. The van der Waals surface area contributed by atoms with Gasteiger partial charge in [0.25, 0.3) is 0 Å². The van der Waals surface area contributed by atoms with Crippen LogP contribution < -0.4 is 15.8 Å². The summed E-state index contributed by atoms with van der Waals surface area (Å²) in [6, 6.07) is 2.80. The molecule has 0 aliphatic rings. The number of hydrogen-bond acceptors (Lipinski definition) is 3. The van der Waals surface area contributed by atoms with E-state index in [1.807, 2.05) is 0 Å². The number of alkyl halides is 3. The van der Waals surface area contributed by atoms with Crippen LogP contribution in [0.2, 0.25) is 0 Å². The predicted octanol–water partition coefficient (Wildman–Crippen LogP) is 2.10. The SMILES string of the molecule is COc1ccc(CNC(=O)[C@H](C)N)c(C(F)(F)F)c1.Cl. The number of carbonyl (C=O) groups excluding carboxylic acids is 1. The molecular formula is C12H16ClF3N2O2. The minimum Gasteiger partial charge on any atom is -0.497 e. The average molecular weight is 313 g/mol. The number of ether oxygens (including phenoxy) is 1. The van der Waals surface area contributed by atoms with E-state index >= 15 is 0 Å². The third-order valence-electron chi connectivity index (χ3n) is 2.49. The van der Waals surface area contributed by atoms with Crippen molar-refractivity contribution in [2.45, 2.75) is 25.7 Å². The standard InChI is InChI=1S/C12H15F3N2O2.ClH/c1-7(16)11(18)17-6-8-3-4-9(19-2)5-10(8)12(13,14)15;/h3-5,7H,6,16H2,1-2H3,(H,17,18);1H/t7-;/m0./s1. The van der Waals surface area contributed by atoms with Crippen LogP contribution in [0.5, 0.6) is 5.75 Å². The van der Waals surface area contributed by atoms with Gasteiger partial charge >= 0.3 is 6.18 Å². The average Bonchev–Trinajstić information content (AvgIpc) is 2.34. The molecule has 1 aromatic rings. The molecule has 0 unspecified atom stereocenters. The second-order valence-corrected chi connectivity index (χ2v) is 4.03. The Morgan fingerprint density at radius 2 is 2.05 bits per heavy atom. The van der Waals surface area contributed by atoms with Gasteiger partial charge in [-0.2, -0.15) is 13.2 Å². The van der Waals surface area contributed by atoms with Crippen molar-refractivity contribution in [1.29, 1.82) is 0 Å². The topological polar surface area (TPSA) is 64.3 Å². The second-order valence-electron chi connectivity index (χ2n) is 4.03. The van der Waals surface area contributed by atoms with Crippen LogP contribution in [-0.4, -0.2) is 19.1 Å². The van der Waals surface area contributed by atoms with Crippen LogP contribution in [0, 0.1) is 0 Å². The fraction of sp³-hybridized carbons (Fsp3) is 0.417. The van der Waals surface area contributed by atoms with Gasteiger partial charge in [0.2, 0.25) is 5.91 Å². The lowest BCUT2D eigenvalue weighted by Crippen LogP contribution is -2.38. The maximum absolute atomic E-state index is 12.9. The highest BCUT2D eigenvalue weighted by molar-refractivity contribution is 5.85. The molecule has 0 heterocycles. The molecule has 0 spiro atoms. The molecular weight excluding hydrogens is 297 g/mol. The number of amides is 1. The van der Waals surface area contributed by atoms with Crippen LogP contribution in [0.4, 0.5) is 13.2 Å². The second kappa shape index (κ2) is 7.35. The molecule has 1 aromatic carbocycles. The van der Waals surface area contributed by atoms with E-state index in [0.29, 0.717) is 0 Å². The highest BCUT2D eigenvalue weighted by atomic mass is 35.5. The van der Waals surface area contributed by atoms with Crippen molar-refractivity contribution >= 4 is 18.3 Å². The van der Waals surface area contributed by atoms with Gasteiger partial charge in [-0.25, -0.2) is 0 Å². The molecule has 20 heavy (non-hydrogen) atoms. The van der Waals surface area contributed by atoms with E-state index in [-0.39, 0.29) is 30.3 Å². The van der Waals surface area contributed by atoms with Crippen LogP contribution in [0.25, 0.3) is 0 Å². The molecule has 114 valence electrons. The quantitative estimate of drug-likeness (QED) is 0.895. The first-order valence-corrected chi connectivity index (χ1v) is 5.53. The number of benzene rings is 1. The van der Waals surface area contributed by atoms with Gasteiger partial charge in [0, 0.05) is 6.54 Å². The van der Waals surface area contributed by atoms with Crippen molar-refractivity contribution in [3.05, 3.63) is 29.3 Å². The summed E-state index contributed by atoms with van der Waals surface area (Å²) in [4.78, 5) is 11.3. The normalized spacial score (nSPS) is 12.3. The van der Waals surface area contributed by atoms with Gasteiger partial charge in [-0.15, -0.1) is 12.4 Å². The minimum atomic E-state index is -4.51. The summed E-state index contributed by atoms with van der Waals surface area (Å²) in [5, 5.41) is 2.34. The summed E-state index contributed by atoms with van der Waals surface area (Å²) in [6.07, 6.45) is -4.51. The van der Waals surface area contributed by atoms with E-state index in [2.05, 4.69) is 5.32 Å². The van der Waals surface area contributed by atoms with E-state index in [1.54, 1.807) is 0 Å². The Morgan fingerprint density at radius 1 is 1.45 bits per heavy atom. The summed E-state index contributed by atoms with van der Waals surface area (Å²) in [7, 11) is 1.28. The first-order chi connectivity index (χ1) is 8.75. The molecule has 0 aliphatic heterocycles. The Bertz CT molecular complexity index is 465. The number of rotatable bonds is 4. The first-order valence-electron chi connectivity index (χ1n) is 5.53. The lowest BCUT2D eigenvalue weighted by atomic mass is 10.1. The Balaban J connectivity index is 0.00000361. The van der Waals surface area contributed by atoms with Crippen LogP contribution in [-0.2, 0) is 17.5 Å². The highest BCUT2D eigenvalue weighted by Gasteiger charge is 2.33. The lowest BCUT2D eigenvalue weighted by Gasteiger charge is -2.15. The molecule has 0 aliphatic carbocycles. The molecule has 0 aromatic heterocycles. The zero-order valence-electron chi connectivity index (χ0n) is 11.0. The highest BCUT2D eigenvalue weighted by Crippen LogP contribution is 2.34. The molecule has 3 N–H and O–H groups in total. The summed E-state index contributed by atoms with van der Waals surface area (Å²) < 4.78 is 43.3. The minimum absolute atomic E-state index is 0. The molecule has 8 heteroatoms. The molecule has 0 radical (unpaired) electrons. The monoisotopic (exact) mass is 312 g/mol. The van der Waals surface area contributed by atoms with Crippen molar-refractivity contribution < 1.29 is 22.7 Å². The summed E-state index contributed by atoms with van der Waals surface area (Å²) >= 11 is 0. The fourth-order valence-corrected chi connectivity index (χ4v) is 1.44. The molecule has 0 bridgehead atoms. The molecule has 1 atom stereocenters. The smallest absolute Gasteiger partial charge is 0.416 e. The Labute approximate surface area is 120 Å². The number of hydrogen-bond donors (Lipinski definition) is 2. The van der Waals surface area contributed by atoms with Crippen molar-refractivity contribution in [1.82, 2.24) is 5.32 Å². The van der Waals surface area contributed by atoms with Gasteiger partial charge in [-0.1, -0.05) is 6.07 Å². The number of nitrogens with one attached hydrogen (secondary N) is 1. The third-order valence-corrected chi connectivity index (χ3v) is 2.49.